The van der Waals surface area contributed by atoms with Gasteiger partial charge in [0.2, 0.25) is 5.79 Å². The number of hydrogen-bond donors (Lipinski definition) is 1. The average Bonchev–Trinajstić information content (AvgIpc) is 2.71. The Hall–Kier alpha value is -2.17. The van der Waals surface area contributed by atoms with Gasteiger partial charge in [0, 0.05) is 13.7 Å². The van der Waals surface area contributed by atoms with Crippen molar-refractivity contribution in [2.75, 3.05) is 13.7 Å². The number of allylic oxidation sites excluding steroid dienone is 2. The Balaban J connectivity index is 2.11. The SMILES string of the molecule is CCOC1(OC)C2=C(C=C(C)C1C=Cc1ccc(C(=O)O)cc1)C(C)(C)CCC2(C)C. The number of ether oxygens (including phenoxy) is 2. The van der Waals surface area contributed by atoms with Crippen LogP contribution in [-0.2, 0) is 9.47 Å². The summed E-state index contributed by atoms with van der Waals surface area (Å²) in [6.45, 7) is 13.9. The van der Waals surface area contributed by atoms with Gasteiger partial charge in [-0.3, -0.25) is 0 Å². The third-order valence-electron chi connectivity index (χ3n) is 6.97. The highest BCUT2D eigenvalue weighted by molar-refractivity contribution is 5.87. The Morgan fingerprint density at radius 3 is 2.29 bits per heavy atom. The Bertz CT molecular complexity index is 930. The van der Waals surface area contributed by atoms with E-state index in [1.54, 1.807) is 19.2 Å². The summed E-state index contributed by atoms with van der Waals surface area (Å²) in [5, 5.41) is 9.14. The molecule has 2 aliphatic carbocycles. The molecule has 0 heterocycles. The molecule has 4 nitrogen and oxygen atoms in total. The lowest BCUT2D eigenvalue weighted by molar-refractivity contribution is -0.221. The van der Waals surface area contributed by atoms with Gasteiger partial charge in [0.05, 0.1) is 11.5 Å². The summed E-state index contributed by atoms with van der Waals surface area (Å²) >= 11 is 0. The monoisotopic (exact) mass is 424 g/mol. The van der Waals surface area contributed by atoms with Gasteiger partial charge in [-0.25, -0.2) is 4.79 Å². The molecule has 0 saturated heterocycles. The van der Waals surface area contributed by atoms with Crippen LogP contribution in [0.5, 0.6) is 0 Å². The van der Waals surface area contributed by atoms with Crippen molar-refractivity contribution in [3.05, 3.63) is 64.3 Å². The highest BCUT2D eigenvalue weighted by Crippen LogP contribution is 2.58. The van der Waals surface area contributed by atoms with Gasteiger partial charge in [-0.05, 0) is 66.4 Å². The molecule has 0 bridgehead atoms. The van der Waals surface area contributed by atoms with Crippen LogP contribution in [0.15, 0.2) is 53.1 Å². The van der Waals surface area contributed by atoms with E-state index in [1.165, 1.54) is 16.7 Å². The van der Waals surface area contributed by atoms with Gasteiger partial charge in [-0.2, -0.15) is 0 Å². The fourth-order valence-corrected chi connectivity index (χ4v) is 5.17. The van der Waals surface area contributed by atoms with Crippen molar-refractivity contribution in [3.63, 3.8) is 0 Å². The highest BCUT2D eigenvalue weighted by Gasteiger charge is 2.55. The molecule has 2 aliphatic rings. The molecule has 31 heavy (non-hydrogen) atoms. The number of rotatable bonds is 6. The molecule has 3 rings (SSSR count). The maximum Gasteiger partial charge on any atom is 0.335 e. The molecule has 0 aliphatic heterocycles. The second-order valence-corrected chi connectivity index (χ2v) is 10.0. The summed E-state index contributed by atoms with van der Waals surface area (Å²) in [4.78, 5) is 11.1. The predicted octanol–water partition coefficient (Wildman–Crippen LogP) is 6.50. The Kier molecular flexibility index (Phi) is 6.37. The van der Waals surface area contributed by atoms with Crippen molar-refractivity contribution < 1.29 is 19.4 Å². The summed E-state index contributed by atoms with van der Waals surface area (Å²) in [6.07, 6.45) is 8.73. The van der Waals surface area contributed by atoms with Crippen LogP contribution in [0.1, 0.15) is 70.3 Å². The van der Waals surface area contributed by atoms with Gasteiger partial charge < -0.3 is 14.6 Å². The van der Waals surface area contributed by atoms with Crippen molar-refractivity contribution in [1.29, 1.82) is 0 Å². The van der Waals surface area contributed by atoms with Crippen molar-refractivity contribution in [3.8, 4) is 0 Å². The van der Waals surface area contributed by atoms with Gasteiger partial charge in [0.1, 0.15) is 0 Å². The minimum Gasteiger partial charge on any atom is -0.478 e. The van der Waals surface area contributed by atoms with Crippen LogP contribution >= 0.6 is 0 Å². The van der Waals surface area contributed by atoms with Gasteiger partial charge in [-0.1, -0.05) is 63.6 Å². The summed E-state index contributed by atoms with van der Waals surface area (Å²) in [5.41, 5.74) is 5.05. The number of carbonyl (C=O) groups is 1. The molecule has 0 aromatic heterocycles. The topological polar surface area (TPSA) is 55.8 Å². The number of benzene rings is 1. The molecular formula is C27H36O4. The van der Waals surface area contributed by atoms with Gasteiger partial charge in [0.15, 0.2) is 0 Å². The van der Waals surface area contributed by atoms with Crippen molar-refractivity contribution in [1.82, 2.24) is 0 Å². The van der Waals surface area contributed by atoms with E-state index < -0.39 is 11.8 Å². The average molecular weight is 425 g/mol. The quantitative estimate of drug-likeness (QED) is 0.530. The van der Waals surface area contributed by atoms with E-state index in [2.05, 4.69) is 46.8 Å². The Labute approximate surface area is 186 Å². The first kappa shape index (κ1) is 23.5. The fourth-order valence-electron chi connectivity index (χ4n) is 5.17. The Morgan fingerprint density at radius 2 is 1.74 bits per heavy atom. The smallest absolute Gasteiger partial charge is 0.335 e. The van der Waals surface area contributed by atoms with E-state index in [4.69, 9.17) is 14.6 Å². The summed E-state index contributed by atoms with van der Waals surface area (Å²) in [5.74, 6) is -1.86. The van der Waals surface area contributed by atoms with Crippen LogP contribution in [0, 0.1) is 16.7 Å². The van der Waals surface area contributed by atoms with E-state index in [1.807, 2.05) is 25.1 Å². The first-order valence-electron chi connectivity index (χ1n) is 11.1. The maximum absolute atomic E-state index is 11.1. The minimum absolute atomic E-state index is 0.0392. The van der Waals surface area contributed by atoms with E-state index in [0.717, 1.165) is 18.4 Å². The minimum atomic E-state index is -0.919. The second-order valence-electron chi connectivity index (χ2n) is 10.0. The summed E-state index contributed by atoms with van der Waals surface area (Å²) < 4.78 is 12.8. The van der Waals surface area contributed by atoms with E-state index in [9.17, 15) is 4.79 Å². The third kappa shape index (κ3) is 4.16. The molecule has 0 radical (unpaired) electrons. The highest BCUT2D eigenvalue weighted by atomic mass is 16.7. The first-order chi connectivity index (χ1) is 14.5. The number of methoxy groups -OCH3 is 1. The Morgan fingerprint density at radius 1 is 1.13 bits per heavy atom. The van der Waals surface area contributed by atoms with Crippen LogP contribution in [0.4, 0.5) is 0 Å². The first-order valence-corrected chi connectivity index (χ1v) is 11.1. The number of hydrogen-bond acceptors (Lipinski definition) is 3. The molecule has 1 aromatic rings. The number of carboxylic acids is 1. The summed E-state index contributed by atoms with van der Waals surface area (Å²) in [6, 6.07) is 6.92. The standard InChI is InChI=1S/C27H36O4/c1-8-31-27(30-7)21(14-11-19-9-12-20(13-10-19)24(28)29)18(2)17-22-23(27)26(5,6)16-15-25(22,3)4/h9-14,17,21H,8,15-16H2,1-7H3,(H,28,29). The van der Waals surface area contributed by atoms with Crippen molar-refractivity contribution in [2.24, 2.45) is 16.7 Å². The molecule has 168 valence electrons. The lowest BCUT2D eigenvalue weighted by Gasteiger charge is -2.54. The lowest BCUT2D eigenvalue weighted by atomic mass is 9.57. The van der Waals surface area contributed by atoms with Crippen LogP contribution in [0.3, 0.4) is 0 Å². The molecule has 2 atom stereocenters. The van der Waals surface area contributed by atoms with Crippen molar-refractivity contribution >= 4 is 12.0 Å². The fraction of sp³-hybridized carbons (Fsp3) is 0.519. The van der Waals surface area contributed by atoms with E-state index in [0.29, 0.717) is 6.61 Å². The normalized spacial score (nSPS) is 27.2. The van der Waals surface area contributed by atoms with Crippen LogP contribution < -0.4 is 0 Å². The van der Waals surface area contributed by atoms with Gasteiger partial charge >= 0.3 is 5.97 Å². The molecule has 0 amide bonds. The van der Waals surface area contributed by atoms with E-state index in [-0.39, 0.29) is 22.3 Å². The third-order valence-corrected chi connectivity index (χ3v) is 6.97. The van der Waals surface area contributed by atoms with Crippen molar-refractivity contribution in [2.45, 2.75) is 60.2 Å². The van der Waals surface area contributed by atoms with Crippen LogP contribution in [0.2, 0.25) is 0 Å². The molecule has 0 spiro atoms. The van der Waals surface area contributed by atoms with Gasteiger partial charge in [-0.15, -0.1) is 0 Å². The molecule has 1 N–H and O–H groups in total. The summed E-state index contributed by atoms with van der Waals surface area (Å²) in [7, 11) is 1.75. The second kappa shape index (κ2) is 8.40. The molecule has 0 saturated carbocycles. The molecular weight excluding hydrogens is 388 g/mol. The zero-order valence-electron chi connectivity index (χ0n) is 19.9. The van der Waals surface area contributed by atoms with Crippen LogP contribution in [0.25, 0.3) is 6.08 Å². The number of carboxylic acid groups (broad SMARTS) is 1. The molecule has 2 unspecified atom stereocenters. The van der Waals surface area contributed by atoms with Gasteiger partial charge in [0.25, 0.3) is 0 Å². The number of aromatic carboxylic acids is 1. The predicted molar refractivity (Wildman–Crippen MR) is 125 cm³/mol. The zero-order chi connectivity index (χ0) is 23.0. The van der Waals surface area contributed by atoms with E-state index >= 15 is 0 Å². The van der Waals surface area contributed by atoms with Crippen LogP contribution in [-0.4, -0.2) is 30.6 Å². The zero-order valence-corrected chi connectivity index (χ0v) is 19.9. The molecule has 4 heteroatoms. The molecule has 0 fully saturated rings. The lowest BCUT2D eigenvalue weighted by Crippen LogP contribution is -2.53. The molecule has 1 aromatic carbocycles. The largest absolute Gasteiger partial charge is 0.478 e. The maximum atomic E-state index is 11.1.